The lowest BCUT2D eigenvalue weighted by atomic mass is 10.0. The molecule has 1 heterocycles. The molecule has 0 spiro atoms. The van der Waals surface area contributed by atoms with Crippen molar-refractivity contribution in [2.75, 3.05) is 7.11 Å². The summed E-state index contributed by atoms with van der Waals surface area (Å²) in [6, 6.07) is 5.84. The highest BCUT2D eigenvalue weighted by Crippen LogP contribution is 2.32. The predicted molar refractivity (Wildman–Crippen MR) is 82.0 cm³/mol. The Morgan fingerprint density at radius 2 is 2.20 bits per heavy atom. The molecule has 1 aromatic heterocycles. The molecular weight excluding hydrogens is 320 g/mol. The van der Waals surface area contributed by atoms with Gasteiger partial charge in [0.1, 0.15) is 11.8 Å². The smallest absolute Gasteiger partial charge is 0.163 e. The van der Waals surface area contributed by atoms with Crippen molar-refractivity contribution in [3.8, 4) is 5.75 Å². The molecule has 1 aromatic carbocycles. The quantitative estimate of drug-likeness (QED) is 0.908. The van der Waals surface area contributed by atoms with E-state index >= 15 is 0 Å². The van der Waals surface area contributed by atoms with Gasteiger partial charge < -0.3 is 9.84 Å². The zero-order valence-electron chi connectivity index (χ0n) is 11.9. The summed E-state index contributed by atoms with van der Waals surface area (Å²) in [6.07, 6.45) is 1.86. The average molecular weight is 339 g/mol. The predicted octanol–water partition coefficient (Wildman–Crippen LogP) is 3.45. The maximum absolute atomic E-state index is 10.7. The van der Waals surface area contributed by atoms with Gasteiger partial charge in [-0.2, -0.15) is 5.10 Å². The molecule has 0 fully saturated rings. The van der Waals surface area contributed by atoms with E-state index in [4.69, 9.17) is 4.74 Å². The Balaban J connectivity index is 2.46. The molecule has 0 saturated carbocycles. The van der Waals surface area contributed by atoms with Crippen LogP contribution in [0.4, 0.5) is 0 Å². The molecular formula is C15H19BrN2O2. The van der Waals surface area contributed by atoms with E-state index in [0.717, 1.165) is 28.6 Å². The van der Waals surface area contributed by atoms with E-state index < -0.39 is 6.10 Å². The Morgan fingerprint density at radius 3 is 2.80 bits per heavy atom. The second-order valence-electron chi connectivity index (χ2n) is 4.72. The van der Waals surface area contributed by atoms with Gasteiger partial charge >= 0.3 is 0 Å². The topological polar surface area (TPSA) is 47.3 Å². The number of halogens is 1. The van der Waals surface area contributed by atoms with Crippen molar-refractivity contribution in [1.82, 2.24) is 9.78 Å². The molecule has 1 atom stereocenters. The van der Waals surface area contributed by atoms with Crippen LogP contribution in [-0.4, -0.2) is 22.0 Å². The highest BCUT2D eigenvalue weighted by atomic mass is 79.9. The lowest BCUT2D eigenvalue weighted by molar-refractivity contribution is 0.201. The van der Waals surface area contributed by atoms with Gasteiger partial charge in [0.25, 0.3) is 0 Å². The van der Waals surface area contributed by atoms with Gasteiger partial charge in [-0.15, -0.1) is 0 Å². The molecule has 0 amide bonds. The van der Waals surface area contributed by atoms with Crippen LogP contribution >= 0.6 is 15.9 Å². The molecule has 0 saturated heterocycles. The second kappa shape index (κ2) is 6.41. The normalized spacial score (nSPS) is 12.4. The monoisotopic (exact) mass is 338 g/mol. The fraction of sp³-hybridized carbons (Fsp3) is 0.400. The maximum Gasteiger partial charge on any atom is 0.163 e. The molecule has 1 N–H and O–H groups in total. The second-order valence-corrected chi connectivity index (χ2v) is 5.64. The number of methoxy groups -OCH3 is 1. The van der Waals surface area contributed by atoms with Gasteiger partial charge in [0.2, 0.25) is 0 Å². The first-order chi connectivity index (χ1) is 9.58. The summed E-state index contributed by atoms with van der Waals surface area (Å²) in [5, 5.41) is 15.0. The van der Waals surface area contributed by atoms with Crippen molar-refractivity contribution in [2.24, 2.45) is 0 Å². The summed E-state index contributed by atoms with van der Waals surface area (Å²) in [4.78, 5) is 0. The van der Waals surface area contributed by atoms with E-state index in [1.165, 1.54) is 0 Å². The molecule has 0 radical (unpaired) electrons. The lowest BCUT2D eigenvalue weighted by Crippen LogP contribution is -2.12. The minimum Gasteiger partial charge on any atom is -0.493 e. The molecule has 20 heavy (non-hydrogen) atoms. The van der Waals surface area contributed by atoms with Crippen molar-refractivity contribution >= 4 is 15.9 Å². The number of aromatic nitrogens is 2. The molecule has 108 valence electrons. The van der Waals surface area contributed by atoms with Crippen molar-refractivity contribution in [3.05, 3.63) is 45.7 Å². The largest absolute Gasteiger partial charge is 0.493 e. The molecule has 4 nitrogen and oxygen atoms in total. The van der Waals surface area contributed by atoms with E-state index in [1.807, 2.05) is 29.8 Å². The van der Waals surface area contributed by atoms with E-state index in [2.05, 4.69) is 28.0 Å². The molecule has 2 aromatic rings. The highest BCUT2D eigenvalue weighted by molar-refractivity contribution is 9.10. The first kappa shape index (κ1) is 15.1. The number of rotatable bonds is 5. The Morgan fingerprint density at radius 1 is 1.45 bits per heavy atom. The van der Waals surface area contributed by atoms with E-state index in [1.54, 1.807) is 13.3 Å². The average Bonchev–Trinajstić information content (AvgIpc) is 2.81. The van der Waals surface area contributed by atoms with Crippen LogP contribution in [0.25, 0.3) is 0 Å². The summed E-state index contributed by atoms with van der Waals surface area (Å²) in [5.41, 5.74) is 2.60. The fourth-order valence-corrected chi connectivity index (χ4v) is 2.77. The number of aliphatic hydroxyl groups is 1. The molecule has 5 heteroatoms. The van der Waals surface area contributed by atoms with Crippen LogP contribution in [-0.2, 0) is 6.54 Å². The number of aliphatic hydroxyl groups excluding tert-OH is 1. The third-order valence-electron chi connectivity index (χ3n) is 3.29. The Bertz CT molecular complexity index is 596. The van der Waals surface area contributed by atoms with Gasteiger partial charge in [-0.1, -0.05) is 28.9 Å². The first-order valence-electron chi connectivity index (χ1n) is 6.62. The fourth-order valence-electron chi connectivity index (χ4n) is 2.29. The molecule has 2 rings (SSSR count). The van der Waals surface area contributed by atoms with Gasteiger partial charge in [-0.05, 0) is 36.6 Å². The van der Waals surface area contributed by atoms with Gasteiger partial charge in [-0.3, -0.25) is 4.68 Å². The summed E-state index contributed by atoms with van der Waals surface area (Å²) in [5.74, 6) is 0.619. The van der Waals surface area contributed by atoms with Crippen LogP contribution < -0.4 is 4.74 Å². The van der Waals surface area contributed by atoms with Gasteiger partial charge in [0.05, 0.1) is 13.3 Å². The lowest BCUT2D eigenvalue weighted by Gasteiger charge is -2.17. The van der Waals surface area contributed by atoms with Crippen LogP contribution in [0.15, 0.2) is 28.9 Å². The third-order valence-corrected chi connectivity index (χ3v) is 3.78. The van der Waals surface area contributed by atoms with Crippen molar-refractivity contribution in [1.29, 1.82) is 0 Å². The summed E-state index contributed by atoms with van der Waals surface area (Å²) in [7, 11) is 1.60. The third kappa shape index (κ3) is 2.88. The molecule has 1 unspecified atom stereocenters. The van der Waals surface area contributed by atoms with Crippen molar-refractivity contribution in [3.63, 3.8) is 0 Å². The highest BCUT2D eigenvalue weighted by Gasteiger charge is 2.22. The SMILES string of the molecule is CCCn1ncc(OC)c1C(O)c1ccc(Br)cc1C. The number of hydrogen-bond acceptors (Lipinski definition) is 3. The van der Waals surface area contributed by atoms with Gasteiger partial charge in [-0.25, -0.2) is 0 Å². The Labute approximate surface area is 127 Å². The van der Waals surface area contributed by atoms with Crippen LogP contribution in [0.1, 0.15) is 36.3 Å². The van der Waals surface area contributed by atoms with Crippen LogP contribution in [0.2, 0.25) is 0 Å². The Hall–Kier alpha value is -1.33. The van der Waals surface area contributed by atoms with Gasteiger partial charge in [0, 0.05) is 11.0 Å². The zero-order valence-corrected chi connectivity index (χ0v) is 13.5. The number of hydrogen-bond donors (Lipinski definition) is 1. The molecule has 0 bridgehead atoms. The van der Waals surface area contributed by atoms with E-state index in [9.17, 15) is 5.11 Å². The van der Waals surface area contributed by atoms with Crippen LogP contribution in [0.3, 0.4) is 0 Å². The van der Waals surface area contributed by atoms with E-state index in [0.29, 0.717) is 11.4 Å². The van der Waals surface area contributed by atoms with Crippen molar-refractivity contribution < 1.29 is 9.84 Å². The molecule has 0 aliphatic rings. The standard InChI is InChI=1S/C15H19BrN2O2/c1-4-7-18-14(13(20-3)9-17-18)15(19)12-6-5-11(16)8-10(12)2/h5-6,8-9,15,19H,4,7H2,1-3H3. The molecule has 0 aliphatic heterocycles. The summed E-state index contributed by atoms with van der Waals surface area (Å²) >= 11 is 3.44. The maximum atomic E-state index is 10.7. The van der Waals surface area contributed by atoms with Crippen LogP contribution in [0.5, 0.6) is 5.75 Å². The number of aryl methyl sites for hydroxylation is 2. The summed E-state index contributed by atoms with van der Waals surface area (Å²) < 4.78 is 8.14. The number of ether oxygens (including phenoxy) is 1. The zero-order chi connectivity index (χ0) is 14.7. The van der Waals surface area contributed by atoms with Crippen molar-refractivity contribution in [2.45, 2.75) is 32.9 Å². The van der Waals surface area contributed by atoms with Crippen LogP contribution in [0, 0.1) is 6.92 Å². The number of benzene rings is 1. The minimum atomic E-state index is -0.743. The Kier molecular flexibility index (Phi) is 4.83. The van der Waals surface area contributed by atoms with E-state index in [-0.39, 0.29) is 0 Å². The minimum absolute atomic E-state index is 0.619. The van der Waals surface area contributed by atoms with Gasteiger partial charge in [0.15, 0.2) is 5.75 Å². The molecule has 0 aliphatic carbocycles. The first-order valence-corrected chi connectivity index (χ1v) is 7.41. The summed E-state index contributed by atoms with van der Waals surface area (Å²) in [6.45, 7) is 4.82. The number of nitrogens with zero attached hydrogens (tertiary/aromatic N) is 2.